The molecule has 2 aromatic carbocycles. The summed E-state index contributed by atoms with van der Waals surface area (Å²) in [4.78, 5) is 11.0. The van der Waals surface area contributed by atoms with Crippen molar-refractivity contribution in [3.63, 3.8) is 0 Å². The van der Waals surface area contributed by atoms with Gasteiger partial charge in [0, 0.05) is 16.6 Å². The second kappa shape index (κ2) is 4.61. The Bertz CT molecular complexity index is 729. The van der Waals surface area contributed by atoms with Crippen molar-refractivity contribution in [1.29, 1.82) is 0 Å². The van der Waals surface area contributed by atoms with Crippen LogP contribution in [0.25, 0.3) is 22.2 Å². The van der Waals surface area contributed by atoms with Crippen LogP contribution in [0, 0.1) is 0 Å². The molecule has 0 unspecified atom stereocenters. The molecule has 3 heteroatoms. The van der Waals surface area contributed by atoms with Crippen LogP contribution in [-0.4, -0.2) is 10.5 Å². The third kappa shape index (κ3) is 2.10. The Morgan fingerprint density at radius 3 is 2.42 bits per heavy atom. The Morgan fingerprint density at radius 2 is 1.68 bits per heavy atom. The van der Waals surface area contributed by atoms with Crippen LogP contribution >= 0.6 is 0 Å². The molecule has 0 saturated heterocycles. The number of carbonyl (C=O) groups excluding carboxylic acids is 1. The van der Waals surface area contributed by atoms with Crippen molar-refractivity contribution in [3.8, 4) is 11.3 Å². The topological polar surface area (TPSA) is 45.1 Å². The van der Waals surface area contributed by atoms with E-state index < -0.39 is 5.97 Å². The van der Waals surface area contributed by atoms with E-state index in [9.17, 15) is 9.90 Å². The Kier molecular flexibility index (Phi) is 2.80. The van der Waals surface area contributed by atoms with Crippen LogP contribution in [-0.2, 0) is 11.3 Å². The SMILES string of the molecule is O=C([O-])Cn1c(-c2ccccc2)cc2ccccc21. The van der Waals surface area contributed by atoms with Crippen molar-refractivity contribution >= 4 is 16.9 Å². The summed E-state index contributed by atoms with van der Waals surface area (Å²) < 4.78 is 1.78. The smallest absolute Gasteiger partial charge is 0.0627 e. The Hall–Kier alpha value is -2.55. The maximum absolute atomic E-state index is 11.0. The third-order valence-corrected chi connectivity index (χ3v) is 3.17. The number of carboxylic acids is 1. The van der Waals surface area contributed by atoms with E-state index in [1.165, 1.54) is 0 Å². The molecule has 0 aliphatic carbocycles. The summed E-state index contributed by atoms with van der Waals surface area (Å²) in [7, 11) is 0. The highest BCUT2D eigenvalue weighted by atomic mass is 16.4. The summed E-state index contributed by atoms with van der Waals surface area (Å²) in [5, 5.41) is 12.0. The molecule has 1 aromatic heterocycles. The summed E-state index contributed by atoms with van der Waals surface area (Å²) in [6.07, 6.45) is 0. The fourth-order valence-electron chi connectivity index (χ4n) is 2.36. The lowest BCUT2D eigenvalue weighted by molar-refractivity contribution is -0.306. The number of carbonyl (C=O) groups is 1. The van der Waals surface area contributed by atoms with Gasteiger partial charge in [-0.25, -0.2) is 0 Å². The van der Waals surface area contributed by atoms with Crippen LogP contribution < -0.4 is 5.11 Å². The molecule has 0 fully saturated rings. The van der Waals surface area contributed by atoms with E-state index in [-0.39, 0.29) is 6.54 Å². The van der Waals surface area contributed by atoms with Crippen molar-refractivity contribution < 1.29 is 9.90 Å². The van der Waals surface area contributed by atoms with Gasteiger partial charge >= 0.3 is 0 Å². The minimum Gasteiger partial charge on any atom is -0.548 e. The summed E-state index contributed by atoms with van der Waals surface area (Å²) >= 11 is 0. The van der Waals surface area contributed by atoms with Gasteiger partial charge < -0.3 is 14.5 Å². The number of benzene rings is 2. The number of hydrogen-bond donors (Lipinski definition) is 0. The molecule has 0 amide bonds. The molecular weight excluding hydrogens is 238 g/mol. The molecule has 0 aliphatic heterocycles. The minimum atomic E-state index is -1.08. The van der Waals surface area contributed by atoms with Gasteiger partial charge in [0.25, 0.3) is 0 Å². The minimum absolute atomic E-state index is 0.141. The van der Waals surface area contributed by atoms with Crippen molar-refractivity contribution in [2.45, 2.75) is 6.54 Å². The molecule has 3 nitrogen and oxygen atoms in total. The lowest BCUT2D eigenvalue weighted by Crippen LogP contribution is -2.27. The molecule has 3 rings (SSSR count). The monoisotopic (exact) mass is 250 g/mol. The average Bonchev–Trinajstić information content (AvgIpc) is 2.78. The van der Waals surface area contributed by atoms with E-state index in [0.29, 0.717) is 0 Å². The van der Waals surface area contributed by atoms with Gasteiger partial charge in [0.15, 0.2) is 0 Å². The first-order chi connectivity index (χ1) is 9.25. The lowest BCUT2D eigenvalue weighted by Gasteiger charge is -2.11. The molecule has 0 spiro atoms. The van der Waals surface area contributed by atoms with Crippen LogP contribution in [0.5, 0.6) is 0 Å². The van der Waals surface area contributed by atoms with E-state index >= 15 is 0 Å². The van der Waals surface area contributed by atoms with Crippen LogP contribution in [0.1, 0.15) is 0 Å². The zero-order chi connectivity index (χ0) is 13.2. The number of hydrogen-bond acceptors (Lipinski definition) is 2. The number of para-hydroxylation sites is 1. The molecule has 3 aromatic rings. The normalized spacial score (nSPS) is 10.7. The van der Waals surface area contributed by atoms with Crippen LogP contribution in [0.4, 0.5) is 0 Å². The summed E-state index contributed by atoms with van der Waals surface area (Å²) in [6, 6.07) is 19.5. The van der Waals surface area contributed by atoms with Gasteiger partial charge in [-0.2, -0.15) is 0 Å². The van der Waals surface area contributed by atoms with E-state index in [2.05, 4.69) is 0 Å². The van der Waals surface area contributed by atoms with Gasteiger partial charge in [-0.1, -0.05) is 48.5 Å². The van der Waals surface area contributed by atoms with Gasteiger partial charge in [-0.3, -0.25) is 0 Å². The van der Waals surface area contributed by atoms with E-state index in [1.54, 1.807) is 4.57 Å². The number of nitrogens with zero attached hydrogens (tertiary/aromatic N) is 1. The quantitative estimate of drug-likeness (QED) is 0.714. The van der Waals surface area contributed by atoms with Crippen LogP contribution in [0.2, 0.25) is 0 Å². The maximum Gasteiger partial charge on any atom is 0.0627 e. The zero-order valence-electron chi connectivity index (χ0n) is 10.2. The lowest BCUT2D eigenvalue weighted by atomic mass is 10.1. The summed E-state index contributed by atoms with van der Waals surface area (Å²) in [5.41, 5.74) is 2.80. The maximum atomic E-state index is 11.0. The number of carboxylic acid groups (broad SMARTS) is 1. The molecule has 0 N–H and O–H groups in total. The van der Waals surface area contributed by atoms with Crippen LogP contribution in [0.3, 0.4) is 0 Å². The standard InChI is InChI=1S/C16H13NO2/c18-16(19)11-17-14-9-5-4-8-13(14)10-15(17)12-6-2-1-3-7-12/h1-10H,11H2,(H,18,19)/p-1. The van der Waals surface area contributed by atoms with E-state index in [1.807, 2.05) is 60.7 Å². The number of rotatable bonds is 3. The number of aromatic nitrogens is 1. The van der Waals surface area contributed by atoms with Crippen molar-refractivity contribution in [3.05, 3.63) is 60.7 Å². The Morgan fingerprint density at radius 1 is 1.00 bits per heavy atom. The molecule has 0 saturated carbocycles. The highest BCUT2D eigenvalue weighted by Gasteiger charge is 2.09. The Labute approximate surface area is 110 Å². The van der Waals surface area contributed by atoms with E-state index in [4.69, 9.17) is 0 Å². The molecule has 1 heterocycles. The van der Waals surface area contributed by atoms with Crippen LogP contribution in [0.15, 0.2) is 60.7 Å². The third-order valence-electron chi connectivity index (χ3n) is 3.17. The first-order valence-electron chi connectivity index (χ1n) is 6.09. The number of aliphatic carboxylic acids is 1. The van der Waals surface area contributed by atoms with Gasteiger partial charge in [0.05, 0.1) is 12.5 Å². The first-order valence-corrected chi connectivity index (χ1v) is 6.09. The molecule has 94 valence electrons. The summed E-state index contributed by atoms with van der Waals surface area (Å²) in [6.45, 7) is -0.141. The first kappa shape index (κ1) is 11.5. The predicted octanol–water partition coefficient (Wildman–Crippen LogP) is 2.06. The fraction of sp³-hybridized carbons (Fsp3) is 0.0625. The van der Waals surface area contributed by atoms with Gasteiger partial charge in [-0.05, 0) is 17.7 Å². The predicted molar refractivity (Wildman–Crippen MR) is 72.4 cm³/mol. The van der Waals surface area contributed by atoms with Gasteiger partial charge in [0.2, 0.25) is 0 Å². The second-order valence-corrected chi connectivity index (χ2v) is 4.41. The van der Waals surface area contributed by atoms with Crippen molar-refractivity contribution in [2.24, 2.45) is 0 Å². The largest absolute Gasteiger partial charge is 0.548 e. The fourth-order valence-corrected chi connectivity index (χ4v) is 2.36. The molecular formula is C16H12NO2-. The second-order valence-electron chi connectivity index (χ2n) is 4.41. The molecule has 19 heavy (non-hydrogen) atoms. The van der Waals surface area contributed by atoms with Crippen molar-refractivity contribution in [1.82, 2.24) is 4.57 Å². The molecule has 0 bridgehead atoms. The average molecular weight is 250 g/mol. The van der Waals surface area contributed by atoms with Crippen molar-refractivity contribution in [2.75, 3.05) is 0 Å². The summed E-state index contributed by atoms with van der Waals surface area (Å²) in [5.74, 6) is -1.08. The zero-order valence-corrected chi connectivity index (χ0v) is 10.2. The van der Waals surface area contributed by atoms with E-state index in [0.717, 1.165) is 22.2 Å². The van der Waals surface area contributed by atoms with Gasteiger partial charge in [0.1, 0.15) is 0 Å². The molecule has 0 atom stereocenters. The number of fused-ring (bicyclic) bond motifs is 1. The molecule has 0 radical (unpaired) electrons. The molecule has 0 aliphatic rings. The Balaban J connectivity index is 2.26. The highest BCUT2D eigenvalue weighted by Crippen LogP contribution is 2.27. The van der Waals surface area contributed by atoms with Gasteiger partial charge in [-0.15, -0.1) is 0 Å². The highest BCUT2D eigenvalue weighted by molar-refractivity contribution is 5.88.